The van der Waals surface area contributed by atoms with Crippen molar-refractivity contribution in [3.8, 4) is 0 Å². The number of nitrogens with one attached hydrogen (secondary N) is 1. The van der Waals surface area contributed by atoms with Gasteiger partial charge in [0.05, 0.1) is 0 Å². The van der Waals surface area contributed by atoms with Crippen molar-refractivity contribution in [2.75, 3.05) is 0 Å². The fourth-order valence-corrected chi connectivity index (χ4v) is 3.36. The molecule has 1 unspecified atom stereocenters. The van der Waals surface area contributed by atoms with Gasteiger partial charge in [-0.1, -0.05) is 58.7 Å². The van der Waals surface area contributed by atoms with Crippen molar-refractivity contribution in [3.63, 3.8) is 0 Å². The summed E-state index contributed by atoms with van der Waals surface area (Å²) in [6.45, 7) is 0. The zero-order valence-corrected chi connectivity index (χ0v) is 13.6. The molecule has 1 aliphatic carbocycles. The van der Waals surface area contributed by atoms with Gasteiger partial charge < -0.3 is 0 Å². The second-order valence-electron chi connectivity index (χ2n) is 5.85. The molecule has 1 saturated carbocycles. The van der Waals surface area contributed by atoms with Crippen LogP contribution in [-0.4, -0.2) is 0 Å². The molecule has 3 rings (SSSR count). The summed E-state index contributed by atoms with van der Waals surface area (Å²) in [6, 6.07) is 17.5. The summed E-state index contributed by atoms with van der Waals surface area (Å²) in [5.41, 5.74) is 6.95. The lowest BCUT2D eigenvalue weighted by molar-refractivity contribution is 0.419. The van der Waals surface area contributed by atoms with Gasteiger partial charge >= 0.3 is 0 Å². The van der Waals surface area contributed by atoms with E-state index in [1.165, 1.54) is 36.0 Å². The standard InChI is InChI=1S/C18H21BrN2/c19-17-6-1-3-13(11-17)12-18(21-20)16-9-7-15(8-10-16)14-4-2-5-14/h1,3,6-11,14,18,21H,2,4-5,12,20H2. The summed E-state index contributed by atoms with van der Waals surface area (Å²) < 4.78 is 1.11. The summed E-state index contributed by atoms with van der Waals surface area (Å²) in [7, 11) is 0. The molecule has 3 N–H and O–H groups in total. The number of rotatable bonds is 5. The van der Waals surface area contributed by atoms with Crippen molar-refractivity contribution in [2.45, 2.75) is 37.6 Å². The SMILES string of the molecule is NNC(Cc1cccc(Br)c1)c1ccc(C2CCC2)cc1. The van der Waals surface area contributed by atoms with Crippen LogP contribution >= 0.6 is 15.9 Å². The first-order valence-corrected chi connectivity index (χ1v) is 8.36. The zero-order valence-electron chi connectivity index (χ0n) is 12.1. The van der Waals surface area contributed by atoms with E-state index in [-0.39, 0.29) is 6.04 Å². The van der Waals surface area contributed by atoms with E-state index >= 15 is 0 Å². The van der Waals surface area contributed by atoms with E-state index in [4.69, 9.17) is 5.84 Å². The summed E-state index contributed by atoms with van der Waals surface area (Å²) in [5.74, 6) is 6.55. The summed E-state index contributed by atoms with van der Waals surface area (Å²) in [6.07, 6.45) is 4.95. The second-order valence-corrected chi connectivity index (χ2v) is 6.76. The number of hydrazine groups is 1. The lowest BCUT2D eigenvalue weighted by atomic mass is 9.80. The summed E-state index contributed by atoms with van der Waals surface area (Å²) in [5, 5.41) is 0. The van der Waals surface area contributed by atoms with Crippen LogP contribution in [0, 0.1) is 0 Å². The maximum atomic E-state index is 5.76. The van der Waals surface area contributed by atoms with E-state index in [2.05, 4.69) is 63.8 Å². The molecule has 0 heterocycles. The Morgan fingerprint density at radius 2 is 1.90 bits per heavy atom. The molecule has 110 valence electrons. The summed E-state index contributed by atoms with van der Waals surface area (Å²) >= 11 is 3.52. The fraction of sp³-hybridized carbons (Fsp3) is 0.333. The van der Waals surface area contributed by atoms with Crippen LogP contribution in [0.1, 0.15) is 47.9 Å². The third kappa shape index (κ3) is 3.54. The molecular weight excluding hydrogens is 324 g/mol. The van der Waals surface area contributed by atoms with Crippen LogP contribution < -0.4 is 11.3 Å². The normalized spacial score (nSPS) is 16.5. The molecule has 0 spiro atoms. The highest BCUT2D eigenvalue weighted by Crippen LogP contribution is 2.36. The first kappa shape index (κ1) is 14.8. The second kappa shape index (κ2) is 6.73. The Labute approximate surface area is 134 Å². The molecule has 0 aromatic heterocycles. The first-order valence-electron chi connectivity index (χ1n) is 7.56. The number of hydrogen-bond acceptors (Lipinski definition) is 2. The molecule has 0 radical (unpaired) electrons. The Hall–Kier alpha value is -1.16. The van der Waals surface area contributed by atoms with Gasteiger partial charge in [-0.2, -0.15) is 0 Å². The van der Waals surface area contributed by atoms with Crippen molar-refractivity contribution in [3.05, 3.63) is 69.7 Å². The van der Waals surface area contributed by atoms with Crippen LogP contribution in [0.5, 0.6) is 0 Å². The van der Waals surface area contributed by atoms with Crippen LogP contribution in [-0.2, 0) is 6.42 Å². The average Bonchev–Trinajstić information content (AvgIpc) is 2.44. The Morgan fingerprint density at radius 1 is 1.14 bits per heavy atom. The number of halogens is 1. The molecule has 2 aromatic carbocycles. The molecule has 2 aromatic rings. The van der Waals surface area contributed by atoms with E-state index in [9.17, 15) is 0 Å². The van der Waals surface area contributed by atoms with Gasteiger partial charge in [0, 0.05) is 10.5 Å². The van der Waals surface area contributed by atoms with Gasteiger partial charge in [0.25, 0.3) is 0 Å². The first-order chi connectivity index (χ1) is 10.3. The van der Waals surface area contributed by atoms with Crippen LogP contribution in [0.3, 0.4) is 0 Å². The maximum Gasteiger partial charge on any atom is 0.0500 e. The Morgan fingerprint density at radius 3 is 2.48 bits per heavy atom. The van der Waals surface area contributed by atoms with E-state index in [0.29, 0.717) is 0 Å². The van der Waals surface area contributed by atoms with Crippen LogP contribution in [0.15, 0.2) is 53.0 Å². The predicted molar refractivity (Wildman–Crippen MR) is 90.9 cm³/mol. The van der Waals surface area contributed by atoms with Crippen molar-refractivity contribution in [1.82, 2.24) is 5.43 Å². The van der Waals surface area contributed by atoms with E-state index < -0.39 is 0 Å². The fourth-order valence-electron chi connectivity index (χ4n) is 2.91. The Bertz CT molecular complexity index is 590. The van der Waals surface area contributed by atoms with Gasteiger partial charge in [0.2, 0.25) is 0 Å². The van der Waals surface area contributed by atoms with Gasteiger partial charge in [-0.05, 0) is 54.0 Å². The number of nitrogens with two attached hydrogens (primary N) is 1. The summed E-state index contributed by atoms with van der Waals surface area (Å²) in [4.78, 5) is 0. The molecular formula is C18H21BrN2. The average molecular weight is 345 g/mol. The molecule has 1 fully saturated rings. The minimum atomic E-state index is 0.148. The third-order valence-electron chi connectivity index (χ3n) is 4.45. The molecule has 3 heteroatoms. The monoisotopic (exact) mass is 344 g/mol. The smallest absolute Gasteiger partial charge is 0.0500 e. The molecule has 21 heavy (non-hydrogen) atoms. The zero-order chi connectivity index (χ0) is 14.7. The van der Waals surface area contributed by atoms with Gasteiger partial charge in [0.1, 0.15) is 0 Å². The van der Waals surface area contributed by atoms with Crippen LogP contribution in [0.4, 0.5) is 0 Å². The molecule has 1 atom stereocenters. The minimum absolute atomic E-state index is 0.148. The molecule has 2 nitrogen and oxygen atoms in total. The highest BCUT2D eigenvalue weighted by atomic mass is 79.9. The number of hydrogen-bond donors (Lipinski definition) is 2. The topological polar surface area (TPSA) is 38.0 Å². The molecule has 0 saturated heterocycles. The van der Waals surface area contributed by atoms with Gasteiger partial charge in [-0.3, -0.25) is 11.3 Å². The molecule has 0 bridgehead atoms. The van der Waals surface area contributed by atoms with Crippen molar-refractivity contribution < 1.29 is 0 Å². The van der Waals surface area contributed by atoms with E-state index in [1.807, 2.05) is 6.07 Å². The largest absolute Gasteiger partial charge is 0.271 e. The highest BCUT2D eigenvalue weighted by molar-refractivity contribution is 9.10. The minimum Gasteiger partial charge on any atom is -0.271 e. The quantitative estimate of drug-likeness (QED) is 0.620. The van der Waals surface area contributed by atoms with Crippen molar-refractivity contribution in [1.29, 1.82) is 0 Å². The third-order valence-corrected chi connectivity index (χ3v) is 4.94. The number of benzene rings is 2. The Kier molecular flexibility index (Phi) is 4.73. The lowest BCUT2D eigenvalue weighted by Gasteiger charge is -2.26. The van der Waals surface area contributed by atoms with Gasteiger partial charge in [-0.25, -0.2) is 0 Å². The molecule has 1 aliphatic rings. The van der Waals surface area contributed by atoms with Gasteiger partial charge in [0.15, 0.2) is 0 Å². The van der Waals surface area contributed by atoms with Crippen molar-refractivity contribution in [2.24, 2.45) is 5.84 Å². The highest BCUT2D eigenvalue weighted by Gasteiger charge is 2.19. The van der Waals surface area contributed by atoms with Crippen LogP contribution in [0.25, 0.3) is 0 Å². The van der Waals surface area contributed by atoms with Gasteiger partial charge in [-0.15, -0.1) is 0 Å². The van der Waals surface area contributed by atoms with E-state index in [1.54, 1.807) is 0 Å². The van der Waals surface area contributed by atoms with Crippen LogP contribution in [0.2, 0.25) is 0 Å². The predicted octanol–water partition coefficient (Wildman–Crippen LogP) is 4.46. The van der Waals surface area contributed by atoms with Crippen molar-refractivity contribution >= 4 is 15.9 Å². The van der Waals surface area contributed by atoms with E-state index in [0.717, 1.165) is 16.8 Å². The molecule has 0 aliphatic heterocycles. The molecule has 0 amide bonds. The Balaban J connectivity index is 1.73. The maximum absolute atomic E-state index is 5.76. The lowest BCUT2D eigenvalue weighted by Crippen LogP contribution is -2.29.